The number of nitrogens with zero attached hydrogens (tertiary/aromatic N) is 3. The van der Waals surface area contributed by atoms with Crippen molar-refractivity contribution in [2.45, 2.75) is 131 Å². The van der Waals surface area contributed by atoms with Crippen molar-refractivity contribution < 1.29 is 100.0 Å². The van der Waals surface area contributed by atoms with Crippen LogP contribution in [-0.4, -0.2) is 192 Å². The number of benzene rings is 4. The molecule has 6 aromatic rings. The number of rotatable bonds is 25. The predicted octanol–water partition coefficient (Wildman–Crippen LogP) is 11.1. The zero-order valence-electron chi connectivity index (χ0n) is 59.4. The van der Waals surface area contributed by atoms with E-state index in [1.807, 2.05) is 57.2 Å². The molecule has 103 heavy (non-hydrogen) atoms. The summed E-state index contributed by atoms with van der Waals surface area (Å²) >= 11 is 6.39. The number of carbonyl (C=O) groups is 13. The van der Waals surface area contributed by atoms with Gasteiger partial charge in [-0.1, -0.05) is 134 Å². The lowest BCUT2D eigenvalue weighted by Gasteiger charge is -2.29. The number of carboxylic acids is 1. The fraction of sp³-hybridized carbons (Fsp3) is 0.453. The molecule has 3 fully saturated rings. The van der Waals surface area contributed by atoms with E-state index in [1.165, 1.54) is 36.0 Å². The standard InChI is InChI=1S/C43H52N4O13.C19H14Br2O3.C13H21NO5/c1-23(2)35(44-42(54)56-6)38(50)46-18-8-10-31(46)40(52)58-21-33(48)27-14-12-26(13-15-27)28-16-17-29(37-30(28)20-25(5)60-37)34(49)22-59-41(53)32-11-9-19-47(32)39(51)36(24(3)4)45-43(55)57-7;1-11-8-16-14(6-7-15(18(23)10-21)19(16)24-11)12-2-4-13(5-3-12)17(22)9-20;1-8(2)9(7-11(15)19-3)12(16)14-6-4-5-10(14)13(17)18/h12-17,20,23-24,31-32,35-36H,8-11,18-19,21-22H2,1-7H3,(H,44,54)(H,45,55);2-8H,9-10H2,1H3;8-10H,4-7H2,1-3H3,(H,17,18)/t31-,32-,35-,36-;;9-,10-/m0.0/s1. The summed E-state index contributed by atoms with van der Waals surface area (Å²) in [5, 5.41) is 16.2. The zero-order chi connectivity index (χ0) is 75.7. The van der Waals surface area contributed by atoms with E-state index in [9.17, 15) is 62.3 Å². The van der Waals surface area contributed by atoms with Crippen LogP contribution < -0.4 is 10.6 Å². The second-order valence-corrected chi connectivity index (χ2v) is 27.2. The number of Topliss-reactive ketones (excluding diaryl/α,β-unsaturated/α-hetero) is 4. The van der Waals surface area contributed by atoms with Crippen LogP contribution in [-0.2, 0) is 57.2 Å². The van der Waals surface area contributed by atoms with Crippen LogP contribution in [0.25, 0.3) is 44.2 Å². The van der Waals surface area contributed by atoms with Crippen molar-refractivity contribution in [2.75, 3.05) is 64.8 Å². The quantitative estimate of drug-likeness (QED) is 0.0207. The lowest BCUT2D eigenvalue weighted by molar-refractivity contribution is -0.153. The van der Waals surface area contributed by atoms with Gasteiger partial charge in [0.25, 0.3) is 0 Å². The Morgan fingerprint density at radius 2 is 0.883 bits per heavy atom. The number of alkyl carbamates (subject to hydrolysis) is 2. The van der Waals surface area contributed by atoms with E-state index in [1.54, 1.807) is 83.1 Å². The van der Waals surface area contributed by atoms with Crippen LogP contribution in [0.3, 0.4) is 0 Å². The Hall–Kier alpha value is -9.57. The second kappa shape index (κ2) is 37.0. The molecule has 2 aromatic heterocycles. The minimum Gasteiger partial charge on any atom is -0.480 e. The van der Waals surface area contributed by atoms with Crippen molar-refractivity contribution in [1.82, 2.24) is 25.3 Å². The number of carbonyl (C=O) groups excluding carboxylic acids is 12. The minimum absolute atomic E-state index is 0.00413. The molecule has 26 nitrogen and oxygen atoms in total. The number of furan rings is 2. The van der Waals surface area contributed by atoms with Gasteiger partial charge in [-0.15, -0.1) is 0 Å². The Bertz CT molecular complexity index is 4140. The topological polar surface area (TPSA) is 348 Å². The van der Waals surface area contributed by atoms with Gasteiger partial charge < -0.3 is 63.0 Å². The predicted molar refractivity (Wildman–Crippen MR) is 385 cm³/mol. The van der Waals surface area contributed by atoms with Crippen molar-refractivity contribution in [3.8, 4) is 22.3 Å². The number of methoxy groups -OCH3 is 3. The Morgan fingerprint density at radius 1 is 0.495 bits per heavy atom. The number of hydrogen-bond donors (Lipinski definition) is 3. The van der Waals surface area contributed by atoms with Crippen molar-refractivity contribution in [2.24, 2.45) is 23.7 Å². The number of aliphatic carboxylic acids is 1. The Labute approximate surface area is 612 Å². The van der Waals surface area contributed by atoms with E-state index in [0.717, 1.165) is 22.3 Å². The molecule has 4 aromatic carbocycles. The summed E-state index contributed by atoms with van der Waals surface area (Å²) in [7, 11) is 3.67. The van der Waals surface area contributed by atoms with E-state index < -0.39 is 109 Å². The number of halogens is 2. The molecule has 6 atom stereocenters. The molecule has 5 heterocycles. The molecule has 0 saturated carbocycles. The van der Waals surface area contributed by atoms with Crippen molar-refractivity contribution in [1.29, 1.82) is 0 Å². The average molecular weight is 1550 g/mol. The van der Waals surface area contributed by atoms with Gasteiger partial charge in [-0.3, -0.25) is 38.4 Å². The number of aryl methyl sites for hydroxylation is 2. The average Bonchev–Trinajstić information content (AvgIpc) is 1.69. The second-order valence-electron chi connectivity index (χ2n) is 26.1. The Balaban J connectivity index is 0.000000278. The van der Waals surface area contributed by atoms with Gasteiger partial charge in [-0.05, 0) is 117 Å². The molecule has 0 spiro atoms. The largest absolute Gasteiger partial charge is 0.480 e. The van der Waals surface area contributed by atoms with Crippen molar-refractivity contribution in [3.63, 3.8) is 0 Å². The van der Waals surface area contributed by atoms with Gasteiger partial charge in [-0.2, -0.15) is 0 Å². The van der Waals surface area contributed by atoms with Crippen LogP contribution in [0.4, 0.5) is 9.59 Å². The molecule has 0 bridgehead atoms. The van der Waals surface area contributed by atoms with Gasteiger partial charge in [-0.25, -0.2) is 24.0 Å². The highest BCUT2D eigenvalue weighted by molar-refractivity contribution is 9.09. The first-order valence-electron chi connectivity index (χ1n) is 33.7. The smallest absolute Gasteiger partial charge is 0.407 e. The third-order valence-corrected chi connectivity index (χ3v) is 19.2. The van der Waals surface area contributed by atoms with E-state index in [4.69, 9.17) is 23.4 Å². The maximum absolute atomic E-state index is 13.5. The first kappa shape index (κ1) is 80.7. The van der Waals surface area contributed by atoms with Crippen molar-refractivity contribution in [3.05, 3.63) is 119 Å². The Morgan fingerprint density at radius 3 is 1.26 bits per heavy atom. The summed E-state index contributed by atoms with van der Waals surface area (Å²) in [6.07, 6.45) is 1.42. The molecule has 0 aliphatic carbocycles. The van der Waals surface area contributed by atoms with Crippen LogP contribution in [0.2, 0.25) is 0 Å². The number of ketones is 4. The molecule has 9 rings (SSSR count). The summed E-state index contributed by atoms with van der Waals surface area (Å²) < 4.78 is 36.4. The monoisotopic (exact) mass is 1550 g/mol. The van der Waals surface area contributed by atoms with Crippen LogP contribution in [0.15, 0.2) is 93.8 Å². The molecule has 0 unspecified atom stereocenters. The van der Waals surface area contributed by atoms with Gasteiger partial charge in [0.05, 0.1) is 55.5 Å². The van der Waals surface area contributed by atoms with Gasteiger partial charge in [0, 0.05) is 41.5 Å². The number of carboxylic acid groups (broad SMARTS) is 1. The minimum atomic E-state index is -0.980. The van der Waals surface area contributed by atoms with Gasteiger partial charge in [0.1, 0.15) is 52.9 Å². The number of amides is 5. The van der Waals surface area contributed by atoms with Crippen molar-refractivity contribution >= 4 is 131 Å². The molecule has 3 aliphatic heterocycles. The zero-order valence-corrected chi connectivity index (χ0v) is 62.6. The van der Waals surface area contributed by atoms with Gasteiger partial charge in [0.15, 0.2) is 30.6 Å². The molecular formula is C75H87Br2N5O21. The summed E-state index contributed by atoms with van der Waals surface area (Å²) in [4.78, 5) is 166. The highest BCUT2D eigenvalue weighted by Gasteiger charge is 2.43. The van der Waals surface area contributed by atoms with Crippen LogP contribution in [0.1, 0.15) is 139 Å². The molecular weight excluding hydrogens is 1470 g/mol. The van der Waals surface area contributed by atoms with Crippen LogP contribution >= 0.6 is 31.9 Å². The number of hydrogen-bond acceptors (Lipinski definition) is 20. The summed E-state index contributed by atoms with van der Waals surface area (Å²) in [5.41, 5.74) is 5.96. The molecule has 552 valence electrons. The van der Waals surface area contributed by atoms with Gasteiger partial charge in [0.2, 0.25) is 23.5 Å². The molecule has 0 radical (unpaired) electrons. The third kappa shape index (κ3) is 20.0. The van der Waals surface area contributed by atoms with E-state index in [2.05, 4.69) is 56.7 Å². The first-order chi connectivity index (χ1) is 49.0. The molecule has 3 N–H and O–H groups in total. The molecule has 3 saturated heterocycles. The first-order valence-corrected chi connectivity index (χ1v) is 36.0. The number of nitrogens with one attached hydrogen (secondary N) is 2. The number of esters is 3. The Kier molecular flexibility index (Phi) is 29.0. The maximum Gasteiger partial charge on any atom is 0.407 e. The number of likely N-dealkylation sites (tertiary alicyclic amines) is 3. The normalized spacial score (nSPS) is 16.4. The summed E-state index contributed by atoms with van der Waals surface area (Å²) in [6.45, 7) is 14.2. The molecule has 28 heteroatoms. The summed E-state index contributed by atoms with van der Waals surface area (Å²) in [5.74, 6) is -4.80. The van der Waals surface area contributed by atoms with Gasteiger partial charge >= 0.3 is 36.1 Å². The highest BCUT2D eigenvalue weighted by Crippen LogP contribution is 2.37. The highest BCUT2D eigenvalue weighted by atomic mass is 79.9. The molecule has 5 amide bonds. The van der Waals surface area contributed by atoms with E-state index >= 15 is 0 Å². The summed E-state index contributed by atoms with van der Waals surface area (Å²) in [6, 6.07) is 20.4. The fourth-order valence-corrected chi connectivity index (χ4v) is 13.2. The number of alkyl halides is 2. The third-order valence-electron chi connectivity index (χ3n) is 18.1. The van der Waals surface area contributed by atoms with E-state index in [-0.39, 0.29) is 70.2 Å². The fourth-order valence-electron chi connectivity index (χ4n) is 12.6. The lowest BCUT2D eigenvalue weighted by Crippen LogP contribution is -2.54. The maximum atomic E-state index is 13.5. The number of fused-ring (bicyclic) bond motifs is 2. The number of ether oxygens (including phenoxy) is 5. The molecule has 3 aliphatic rings. The van der Waals surface area contributed by atoms with Crippen LogP contribution in [0, 0.1) is 37.5 Å². The lowest BCUT2D eigenvalue weighted by atomic mass is 9.91. The van der Waals surface area contributed by atoms with Crippen LogP contribution in [0.5, 0.6) is 0 Å². The SMILES string of the molecule is COC(=O)C[C@H](C(=O)N1CCC[C@H]1C(=O)O)C(C)C.COC(=O)N[C@H](C(=O)N1CCC[C@H]1C(=O)OCC(=O)c1ccc(-c2ccc(C(=O)COC(=O)[C@@H]3CCCN3C(=O)[C@@H](NC(=O)OC)C(C)C)c3oc(C)cc23)cc1)C(C)C.Cc1cc2c(-c3ccc(C(=O)CBr)cc3)ccc(C(=O)CBr)c2o1. The van der Waals surface area contributed by atoms with E-state index in [0.29, 0.717) is 95.9 Å².